The monoisotopic (exact) mass is 432 g/mol. The minimum atomic E-state index is -0.646. The molecule has 2 N–H and O–H groups in total. The number of anilines is 1. The second-order valence-electron chi connectivity index (χ2n) is 5.23. The van der Waals surface area contributed by atoms with E-state index < -0.39 is 18.0 Å². The van der Waals surface area contributed by atoms with Crippen molar-refractivity contribution < 1.29 is 23.9 Å². The number of urea groups is 1. The molecule has 0 fully saturated rings. The fourth-order valence-electron chi connectivity index (χ4n) is 2.13. The van der Waals surface area contributed by atoms with Crippen molar-refractivity contribution in [3.8, 4) is 0 Å². The molecule has 7 nitrogen and oxygen atoms in total. The van der Waals surface area contributed by atoms with Crippen molar-refractivity contribution in [2.24, 2.45) is 0 Å². The molecule has 2 aromatic rings. The van der Waals surface area contributed by atoms with Gasteiger partial charge in [0.1, 0.15) is 0 Å². The van der Waals surface area contributed by atoms with Gasteiger partial charge in [0.15, 0.2) is 0 Å². The Labute approximate surface area is 164 Å². The lowest BCUT2D eigenvalue weighted by molar-refractivity contribution is 0.0587. The summed E-state index contributed by atoms with van der Waals surface area (Å²) in [6, 6.07) is 11.0. The van der Waals surface area contributed by atoms with Crippen molar-refractivity contribution in [3.05, 3.63) is 69.8 Å². The van der Waals surface area contributed by atoms with Gasteiger partial charge < -0.3 is 20.1 Å². The minimum Gasteiger partial charge on any atom is -0.465 e. The molecule has 2 rings (SSSR count). The Hall–Kier alpha value is -3.13. The first-order chi connectivity index (χ1) is 12.9. The lowest BCUT2D eigenvalue weighted by Crippen LogP contribution is -2.25. The number of rotatable bonds is 5. The van der Waals surface area contributed by atoms with Crippen molar-refractivity contribution in [2.45, 2.75) is 0 Å². The Morgan fingerprint density at radius 1 is 0.963 bits per heavy atom. The number of ether oxygens (including phenoxy) is 2. The van der Waals surface area contributed by atoms with Crippen LogP contribution in [0.5, 0.6) is 0 Å². The van der Waals surface area contributed by atoms with E-state index in [2.05, 4.69) is 36.0 Å². The summed E-state index contributed by atoms with van der Waals surface area (Å²) in [6.07, 6.45) is 3.17. The molecule has 27 heavy (non-hydrogen) atoms. The van der Waals surface area contributed by atoms with Crippen molar-refractivity contribution in [1.82, 2.24) is 5.32 Å². The molecule has 2 aromatic carbocycles. The molecule has 0 aliphatic rings. The SMILES string of the molecule is COC(=O)c1ccc(C(=O)OC)c(NC(=O)N/C=C/c2ccc(Br)cc2)c1. The normalized spacial score (nSPS) is 10.3. The van der Waals surface area contributed by atoms with E-state index in [0.29, 0.717) is 0 Å². The van der Waals surface area contributed by atoms with Gasteiger partial charge in [-0.05, 0) is 42.0 Å². The van der Waals surface area contributed by atoms with Crippen LogP contribution in [0.15, 0.2) is 53.1 Å². The largest absolute Gasteiger partial charge is 0.465 e. The zero-order valence-corrected chi connectivity index (χ0v) is 16.2. The smallest absolute Gasteiger partial charge is 0.339 e. The van der Waals surface area contributed by atoms with Crippen molar-refractivity contribution >= 4 is 45.7 Å². The van der Waals surface area contributed by atoms with Gasteiger partial charge in [-0.1, -0.05) is 28.1 Å². The molecule has 0 atom stereocenters. The van der Waals surface area contributed by atoms with Crippen molar-refractivity contribution in [3.63, 3.8) is 0 Å². The molecule has 2 amide bonds. The Balaban J connectivity index is 2.13. The van der Waals surface area contributed by atoms with E-state index in [1.165, 1.54) is 38.6 Å². The standard InChI is InChI=1S/C19H17BrN2O5/c1-26-17(23)13-5-8-15(18(24)27-2)16(11-13)22-19(25)21-10-9-12-3-6-14(20)7-4-12/h3-11H,1-2H3,(H2,21,22,25)/b10-9+. The van der Waals surface area contributed by atoms with E-state index in [1.54, 1.807) is 6.08 Å². The summed E-state index contributed by atoms with van der Waals surface area (Å²) in [5.41, 5.74) is 1.31. The highest BCUT2D eigenvalue weighted by molar-refractivity contribution is 9.10. The van der Waals surface area contributed by atoms with Crippen LogP contribution in [0.1, 0.15) is 26.3 Å². The van der Waals surface area contributed by atoms with Gasteiger partial charge in [-0.3, -0.25) is 0 Å². The van der Waals surface area contributed by atoms with E-state index in [9.17, 15) is 14.4 Å². The van der Waals surface area contributed by atoms with E-state index >= 15 is 0 Å². The van der Waals surface area contributed by atoms with Crippen LogP contribution in [0.25, 0.3) is 6.08 Å². The van der Waals surface area contributed by atoms with E-state index in [-0.39, 0.29) is 16.8 Å². The van der Waals surface area contributed by atoms with Gasteiger partial charge in [-0.2, -0.15) is 0 Å². The Kier molecular flexibility index (Phi) is 7.13. The lowest BCUT2D eigenvalue weighted by Gasteiger charge is -2.11. The summed E-state index contributed by atoms with van der Waals surface area (Å²) in [6.45, 7) is 0. The van der Waals surface area contributed by atoms with Crippen LogP contribution in [0.3, 0.4) is 0 Å². The van der Waals surface area contributed by atoms with Gasteiger partial charge in [0.25, 0.3) is 0 Å². The Morgan fingerprint density at radius 2 is 1.63 bits per heavy atom. The summed E-state index contributed by atoms with van der Waals surface area (Å²) in [4.78, 5) is 35.7. The van der Waals surface area contributed by atoms with Gasteiger partial charge in [-0.15, -0.1) is 0 Å². The number of amides is 2. The molecule has 0 spiro atoms. The molecule has 0 radical (unpaired) electrons. The molecule has 0 aliphatic carbocycles. The van der Waals surface area contributed by atoms with E-state index in [1.807, 2.05) is 24.3 Å². The third-order valence-electron chi connectivity index (χ3n) is 3.45. The van der Waals surface area contributed by atoms with Crippen LogP contribution in [0, 0.1) is 0 Å². The predicted octanol–water partition coefficient (Wildman–Crippen LogP) is 3.81. The zero-order chi connectivity index (χ0) is 19.8. The van der Waals surface area contributed by atoms with Gasteiger partial charge >= 0.3 is 18.0 Å². The van der Waals surface area contributed by atoms with Crippen LogP contribution in [0.4, 0.5) is 10.5 Å². The number of carbonyl (C=O) groups is 3. The molecule has 0 heterocycles. The summed E-state index contributed by atoms with van der Waals surface area (Å²) >= 11 is 3.34. The third kappa shape index (κ3) is 5.68. The number of halogens is 1. The molecule has 0 saturated carbocycles. The second-order valence-corrected chi connectivity index (χ2v) is 6.14. The number of hydrogen-bond donors (Lipinski definition) is 2. The highest BCUT2D eigenvalue weighted by atomic mass is 79.9. The van der Waals surface area contributed by atoms with Crippen LogP contribution < -0.4 is 10.6 Å². The highest BCUT2D eigenvalue weighted by Gasteiger charge is 2.17. The minimum absolute atomic E-state index is 0.109. The quantitative estimate of drug-likeness (QED) is 0.700. The number of benzene rings is 2. The molecular formula is C19H17BrN2O5. The summed E-state index contributed by atoms with van der Waals surface area (Å²) in [7, 11) is 2.46. The first-order valence-electron chi connectivity index (χ1n) is 7.75. The van der Waals surface area contributed by atoms with Crippen molar-refractivity contribution in [2.75, 3.05) is 19.5 Å². The maximum Gasteiger partial charge on any atom is 0.339 e. The zero-order valence-electron chi connectivity index (χ0n) is 14.6. The third-order valence-corrected chi connectivity index (χ3v) is 3.98. The van der Waals surface area contributed by atoms with Gasteiger partial charge in [0.05, 0.1) is 31.0 Å². The maximum absolute atomic E-state index is 12.1. The van der Waals surface area contributed by atoms with Crippen molar-refractivity contribution in [1.29, 1.82) is 0 Å². The average molecular weight is 433 g/mol. The van der Waals surface area contributed by atoms with E-state index in [0.717, 1.165) is 10.0 Å². The van der Waals surface area contributed by atoms with Gasteiger partial charge in [0.2, 0.25) is 0 Å². The second kappa shape index (κ2) is 9.54. The molecule has 0 bridgehead atoms. The van der Waals surface area contributed by atoms with Gasteiger partial charge in [0, 0.05) is 10.7 Å². The summed E-state index contributed by atoms with van der Waals surface area (Å²) < 4.78 is 10.3. The highest BCUT2D eigenvalue weighted by Crippen LogP contribution is 2.19. The number of esters is 2. The van der Waals surface area contributed by atoms with Crippen LogP contribution >= 0.6 is 15.9 Å². The van der Waals surface area contributed by atoms with Crippen LogP contribution in [0.2, 0.25) is 0 Å². The topological polar surface area (TPSA) is 93.7 Å². The number of methoxy groups -OCH3 is 2. The first-order valence-corrected chi connectivity index (χ1v) is 8.54. The van der Waals surface area contributed by atoms with Crippen LogP contribution in [-0.4, -0.2) is 32.2 Å². The average Bonchev–Trinajstić information content (AvgIpc) is 2.68. The first kappa shape index (κ1) is 20.2. The molecular weight excluding hydrogens is 416 g/mol. The molecule has 8 heteroatoms. The molecule has 0 unspecified atom stereocenters. The van der Waals surface area contributed by atoms with Gasteiger partial charge in [-0.25, -0.2) is 14.4 Å². The van der Waals surface area contributed by atoms with E-state index in [4.69, 9.17) is 0 Å². The fourth-order valence-corrected chi connectivity index (χ4v) is 2.39. The number of carbonyl (C=O) groups excluding carboxylic acids is 3. The Bertz CT molecular complexity index is 878. The number of nitrogens with one attached hydrogen (secondary N) is 2. The Morgan fingerprint density at radius 3 is 2.26 bits per heavy atom. The summed E-state index contributed by atoms with van der Waals surface area (Å²) in [5.74, 6) is -1.24. The summed E-state index contributed by atoms with van der Waals surface area (Å²) in [5, 5.41) is 5.05. The fraction of sp³-hybridized carbons (Fsp3) is 0.105. The lowest BCUT2D eigenvalue weighted by atomic mass is 10.1. The molecule has 0 aliphatic heterocycles. The molecule has 140 valence electrons. The molecule has 0 aromatic heterocycles. The predicted molar refractivity (Wildman–Crippen MR) is 104 cm³/mol. The maximum atomic E-state index is 12.1. The van der Waals surface area contributed by atoms with Crippen LogP contribution in [-0.2, 0) is 9.47 Å². The molecule has 0 saturated heterocycles. The number of hydrogen-bond acceptors (Lipinski definition) is 5.